The van der Waals surface area contributed by atoms with Crippen LogP contribution in [-0.2, 0) is 6.54 Å². The minimum atomic E-state index is 0.414. The highest BCUT2D eigenvalue weighted by atomic mass is 16.5. The number of rotatable bonds is 3. The number of aryl methyl sites for hydroxylation is 1. The molecule has 1 aromatic heterocycles. The van der Waals surface area contributed by atoms with Gasteiger partial charge in [0.1, 0.15) is 5.75 Å². The van der Waals surface area contributed by atoms with Gasteiger partial charge in [-0.15, -0.1) is 0 Å². The number of methoxy groups -OCH3 is 1. The minimum absolute atomic E-state index is 0.414. The van der Waals surface area contributed by atoms with Gasteiger partial charge in [-0.2, -0.15) is 10.2 Å². The summed E-state index contributed by atoms with van der Waals surface area (Å²) in [7, 11) is 1.65. The molecular formula is C13H15N3O. The number of hydrogen-bond donors (Lipinski definition) is 1. The van der Waals surface area contributed by atoms with Crippen LogP contribution in [0.4, 0.5) is 0 Å². The van der Waals surface area contributed by atoms with Gasteiger partial charge in [-0.25, -0.2) is 0 Å². The second kappa shape index (κ2) is 4.93. The fourth-order valence-corrected chi connectivity index (χ4v) is 1.64. The van der Waals surface area contributed by atoms with E-state index in [1.54, 1.807) is 7.11 Å². The van der Waals surface area contributed by atoms with E-state index in [4.69, 9.17) is 10.5 Å². The lowest BCUT2D eigenvalue weighted by molar-refractivity contribution is 0.415. The lowest BCUT2D eigenvalue weighted by Crippen LogP contribution is -2.04. The van der Waals surface area contributed by atoms with Gasteiger partial charge in [0, 0.05) is 12.1 Å². The Labute approximate surface area is 100 Å². The maximum absolute atomic E-state index is 5.56. The standard InChI is InChI=1S/C13H15N3O/c1-9-6-12(15-16-13(9)8-14)10-4-3-5-11(7-10)17-2/h3-7H,8,14H2,1-2H3. The van der Waals surface area contributed by atoms with E-state index in [-0.39, 0.29) is 0 Å². The molecule has 0 saturated carbocycles. The molecule has 2 rings (SSSR count). The maximum Gasteiger partial charge on any atom is 0.119 e. The third-order valence-electron chi connectivity index (χ3n) is 2.65. The summed E-state index contributed by atoms with van der Waals surface area (Å²) in [5, 5.41) is 8.28. The highest BCUT2D eigenvalue weighted by Crippen LogP contribution is 2.22. The summed E-state index contributed by atoms with van der Waals surface area (Å²) in [6.45, 7) is 2.40. The number of nitrogens with zero attached hydrogens (tertiary/aromatic N) is 2. The summed E-state index contributed by atoms with van der Waals surface area (Å²) in [4.78, 5) is 0. The Bertz CT molecular complexity index is 526. The Morgan fingerprint density at radius 2 is 2.06 bits per heavy atom. The summed E-state index contributed by atoms with van der Waals surface area (Å²) < 4.78 is 5.18. The first-order chi connectivity index (χ1) is 8.24. The third kappa shape index (κ3) is 2.42. The van der Waals surface area contributed by atoms with Crippen molar-refractivity contribution in [3.8, 4) is 17.0 Å². The molecule has 0 fully saturated rings. The molecular weight excluding hydrogens is 214 g/mol. The molecule has 0 spiro atoms. The van der Waals surface area contributed by atoms with Gasteiger partial charge < -0.3 is 10.5 Å². The van der Waals surface area contributed by atoms with Gasteiger partial charge >= 0.3 is 0 Å². The smallest absolute Gasteiger partial charge is 0.119 e. The highest BCUT2D eigenvalue weighted by molar-refractivity contribution is 5.61. The van der Waals surface area contributed by atoms with Crippen molar-refractivity contribution in [1.82, 2.24) is 10.2 Å². The van der Waals surface area contributed by atoms with Gasteiger partial charge in [-0.3, -0.25) is 0 Å². The van der Waals surface area contributed by atoms with E-state index >= 15 is 0 Å². The number of hydrogen-bond acceptors (Lipinski definition) is 4. The van der Waals surface area contributed by atoms with E-state index in [1.807, 2.05) is 37.3 Å². The molecule has 1 aromatic carbocycles. The van der Waals surface area contributed by atoms with E-state index < -0.39 is 0 Å². The first-order valence-electron chi connectivity index (χ1n) is 5.42. The number of aromatic nitrogens is 2. The van der Waals surface area contributed by atoms with Crippen molar-refractivity contribution in [2.75, 3.05) is 7.11 Å². The number of ether oxygens (including phenoxy) is 1. The van der Waals surface area contributed by atoms with Gasteiger partial charge in [0.05, 0.1) is 18.5 Å². The lowest BCUT2D eigenvalue weighted by atomic mass is 10.1. The van der Waals surface area contributed by atoms with E-state index in [1.165, 1.54) is 0 Å². The zero-order chi connectivity index (χ0) is 12.3. The molecule has 0 unspecified atom stereocenters. The zero-order valence-electron chi connectivity index (χ0n) is 9.97. The second-order valence-corrected chi connectivity index (χ2v) is 3.80. The van der Waals surface area contributed by atoms with Crippen molar-refractivity contribution < 1.29 is 4.74 Å². The Morgan fingerprint density at radius 1 is 1.24 bits per heavy atom. The van der Waals surface area contributed by atoms with Crippen molar-refractivity contribution in [2.24, 2.45) is 5.73 Å². The molecule has 0 radical (unpaired) electrons. The van der Waals surface area contributed by atoms with Crippen molar-refractivity contribution in [1.29, 1.82) is 0 Å². The van der Waals surface area contributed by atoms with Crippen LogP contribution in [-0.4, -0.2) is 17.3 Å². The second-order valence-electron chi connectivity index (χ2n) is 3.80. The molecule has 0 aliphatic carbocycles. The Morgan fingerprint density at radius 3 is 2.71 bits per heavy atom. The van der Waals surface area contributed by atoms with Crippen LogP contribution in [0, 0.1) is 6.92 Å². The third-order valence-corrected chi connectivity index (χ3v) is 2.65. The molecule has 2 aromatic rings. The van der Waals surface area contributed by atoms with E-state index in [2.05, 4.69) is 10.2 Å². The topological polar surface area (TPSA) is 61.0 Å². The normalized spacial score (nSPS) is 10.3. The van der Waals surface area contributed by atoms with Crippen LogP contribution in [0.15, 0.2) is 30.3 Å². The highest BCUT2D eigenvalue weighted by Gasteiger charge is 2.05. The van der Waals surface area contributed by atoms with Gasteiger partial charge in [-0.1, -0.05) is 12.1 Å². The maximum atomic E-state index is 5.56. The Kier molecular flexibility index (Phi) is 3.35. The Balaban J connectivity index is 2.42. The quantitative estimate of drug-likeness (QED) is 0.873. The van der Waals surface area contributed by atoms with Crippen molar-refractivity contribution >= 4 is 0 Å². The Hall–Kier alpha value is -1.94. The van der Waals surface area contributed by atoms with Crippen molar-refractivity contribution in [2.45, 2.75) is 13.5 Å². The van der Waals surface area contributed by atoms with Crippen LogP contribution in [0.5, 0.6) is 5.75 Å². The summed E-state index contributed by atoms with van der Waals surface area (Å²) in [6, 6.07) is 9.74. The molecule has 88 valence electrons. The van der Waals surface area contributed by atoms with Crippen LogP contribution < -0.4 is 10.5 Å². The molecule has 4 nitrogen and oxygen atoms in total. The summed E-state index contributed by atoms with van der Waals surface area (Å²) in [5.74, 6) is 0.810. The van der Waals surface area contributed by atoms with Gasteiger partial charge in [-0.05, 0) is 30.7 Å². The first kappa shape index (κ1) is 11.5. The molecule has 0 bridgehead atoms. The van der Waals surface area contributed by atoms with Crippen molar-refractivity contribution in [3.63, 3.8) is 0 Å². The average Bonchev–Trinajstić information content (AvgIpc) is 2.38. The predicted molar refractivity (Wildman–Crippen MR) is 66.6 cm³/mol. The van der Waals surface area contributed by atoms with Gasteiger partial charge in [0.25, 0.3) is 0 Å². The molecule has 17 heavy (non-hydrogen) atoms. The summed E-state index contributed by atoms with van der Waals surface area (Å²) in [6.07, 6.45) is 0. The van der Waals surface area contributed by atoms with E-state index in [0.717, 1.165) is 28.3 Å². The lowest BCUT2D eigenvalue weighted by Gasteiger charge is -2.06. The molecule has 0 saturated heterocycles. The number of benzene rings is 1. The van der Waals surface area contributed by atoms with Crippen molar-refractivity contribution in [3.05, 3.63) is 41.6 Å². The van der Waals surface area contributed by atoms with Gasteiger partial charge in [0.2, 0.25) is 0 Å². The molecule has 0 amide bonds. The summed E-state index contributed by atoms with van der Waals surface area (Å²) >= 11 is 0. The van der Waals surface area contributed by atoms with Crippen LogP contribution in [0.1, 0.15) is 11.3 Å². The van der Waals surface area contributed by atoms with Crippen LogP contribution >= 0.6 is 0 Å². The zero-order valence-corrected chi connectivity index (χ0v) is 9.97. The molecule has 0 aliphatic heterocycles. The average molecular weight is 229 g/mol. The monoisotopic (exact) mass is 229 g/mol. The number of nitrogens with two attached hydrogens (primary N) is 1. The fourth-order valence-electron chi connectivity index (χ4n) is 1.64. The van der Waals surface area contributed by atoms with E-state index in [9.17, 15) is 0 Å². The summed E-state index contributed by atoms with van der Waals surface area (Å²) in [5.41, 5.74) is 9.27. The van der Waals surface area contributed by atoms with Gasteiger partial charge in [0.15, 0.2) is 0 Å². The van der Waals surface area contributed by atoms with E-state index in [0.29, 0.717) is 6.54 Å². The molecule has 4 heteroatoms. The van der Waals surface area contributed by atoms with Crippen LogP contribution in [0.2, 0.25) is 0 Å². The largest absolute Gasteiger partial charge is 0.497 e. The fraction of sp³-hybridized carbons (Fsp3) is 0.231. The molecule has 2 N–H and O–H groups in total. The first-order valence-corrected chi connectivity index (χ1v) is 5.42. The predicted octanol–water partition coefficient (Wildman–Crippen LogP) is 1.92. The SMILES string of the molecule is COc1cccc(-c2cc(C)c(CN)nn2)c1. The van der Waals surface area contributed by atoms with Crippen LogP contribution in [0.3, 0.4) is 0 Å². The molecule has 1 heterocycles. The molecule has 0 aliphatic rings. The van der Waals surface area contributed by atoms with Crippen LogP contribution in [0.25, 0.3) is 11.3 Å². The minimum Gasteiger partial charge on any atom is -0.497 e. The molecule has 0 atom stereocenters.